The van der Waals surface area contributed by atoms with E-state index in [1.54, 1.807) is 11.3 Å². The summed E-state index contributed by atoms with van der Waals surface area (Å²) in [5.74, 6) is 0.269. The summed E-state index contributed by atoms with van der Waals surface area (Å²) in [5.41, 5.74) is 0.952. The van der Waals surface area contributed by atoms with Crippen molar-refractivity contribution in [2.45, 2.75) is 21.2 Å². The maximum atomic E-state index is 12.0. The van der Waals surface area contributed by atoms with Gasteiger partial charge in [0, 0.05) is 0 Å². The van der Waals surface area contributed by atoms with Crippen LogP contribution >= 0.6 is 11.3 Å². The van der Waals surface area contributed by atoms with Crippen molar-refractivity contribution < 1.29 is 4.79 Å². The number of allylic oxidation sites excluding steroid dienone is 1. The summed E-state index contributed by atoms with van der Waals surface area (Å²) in [6.45, 7) is 0. The molecule has 1 aromatic heterocycles. The van der Waals surface area contributed by atoms with Crippen LogP contribution in [0, 0.1) is 0 Å². The number of Topliss-reactive ketones (excluding diaryl/α,β-unsaturated/α-hetero) is 1. The SMILES string of the molecule is [CH3][Sn]([CH3])([CH3])[c]1ccc2c3c(sc2c1)C=CCC3=O. The monoisotopic (exact) mass is 364 g/mol. The van der Waals surface area contributed by atoms with Crippen molar-refractivity contribution in [2.24, 2.45) is 0 Å². The molecule has 1 aromatic carbocycles. The molecule has 2 aromatic rings. The number of hydrogen-bond acceptors (Lipinski definition) is 2. The molecule has 0 amide bonds. The van der Waals surface area contributed by atoms with Crippen LogP contribution in [0.5, 0.6) is 0 Å². The summed E-state index contributed by atoms with van der Waals surface area (Å²) in [7, 11) is 0. The van der Waals surface area contributed by atoms with E-state index in [9.17, 15) is 4.79 Å². The molecule has 3 rings (SSSR count). The second-order valence-corrected chi connectivity index (χ2v) is 21.4. The van der Waals surface area contributed by atoms with Crippen molar-refractivity contribution in [3.05, 3.63) is 34.7 Å². The average Bonchev–Trinajstić information content (AvgIpc) is 2.66. The van der Waals surface area contributed by atoms with Crippen molar-refractivity contribution in [1.29, 1.82) is 0 Å². The van der Waals surface area contributed by atoms with E-state index in [1.165, 1.54) is 8.28 Å². The quantitative estimate of drug-likeness (QED) is 0.699. The van der Waals surface area contributed by atoms with Crippen LogP contribution in [0.3, 0.4) is 0 Å². The topological polar surface area (TPSA) is 17.1 Å². The minimum absolute atomic E-state index is 0.269. The van der Waals surface area contributed by atoms with E-state index in [0.717, 1.165) is 15.8 Å². The van der Waals surface area contributed by atoms with Gasteiger partial charge in [-0.3, -0.25) is 0 Å². The Morgan fingerprint density at radius 3 is 2.72 bits per heavy atom. The molecule has 0 aliphatic heterocycles. The molecule has 1 aliphatic carbocycles. The number of carbonyl (C=O) groups is 1. The number of carbonyl (C=O) groups excluding carboxylic acids is 1. The zero-order chi connectivity index (χ0) is 12.9. The molecular weight excluding hydrogens is 347 g/mol. The van der Waals surface area contributed by atoms with Gasteiger partial charge in [-0.1, -0.05) is 0 Å². The molecule has 0 bridgehead atoms. The second-order valence-electron chi connectivity index (χ2n) is 5.83. The summed E-state index contributed by atoms with van der Waals surface area (Å²) in [5, 5.41) is 1.16. The Morgan fingerprint density at radius 2 is 2.00 bits per heavy atom. The molecule has 92 valence electrons. The fraction of sp³-hybridized carbons (Fsp3) is 0.267. The van der Waals surface area contributed by atoms with Gasteiger partial charge in [-0.15, -0.1) is 0 Å². The third-order valence-corrected chi connectivity index (χ3v) is 10.4. The molecule has 0 N–H and O–H groups in total. The van der Waals surface area contributed by atoms with Crippen LogP contribution < -0.4 is 3.58 Å². The van der Waals surface area contributed by atoms with E-state index in [-0.39, 0.29) is 5.78 Å². The standard InChI is InChI=1S/C12H7OS.3CH3.Sn/c13-9-5-3-7-11-12(9)8-4-1-2-6-10(8)14-11;;;;/h1,3-4,6-7H,5H2;3*1H3;. The molecule has 0 saturated heterocycles. The van der Waals surface area contributed by atoms with Crippen molar-refractivity contribution in [3.63, 3.8) is 0 Å². The van der Waals surface area contributed by atoms with Crippen LogP contribution in [0.2, 0.25) is 14.8 Å². The normalized spacial score (nSPS) is 15.2. The zero-order valence-electron chi connectivity index (χ0n) is 10.9. The molecule has 1 aliphatic rings. The number of thiophene rings is 1. The van der Waals surface area contributed by atoms with Gasteiger partial charge in [0.05, 0.1) is 0 Å². The second kappa shape index (κ2) is 4.20. The first-order chi connectivity index (χ1) is 8.47. The summed E-state index contributed by atoms with van der Waals surface area (Å²) in [4.78, 5) is 20.4. The Bertz CT molecular complexity index is 674. The van der Waals surface area contributed by atoms with Gasteiger partial charge in [-0.25, -0.2) is 0 Å². The molecule has 0 atom stereocenters. The van der Waals surface area contributed by atoms with Crippen molar-refractivity contribution >= 4 is 55.2 Å². The first-order valence-corrected chi connectivity index (χ1v) is 17.0. The van der Waals surface area contributed by atoms with Crippen LogP contribution in [0.4, 0.5) is 0 Å². The zero-order valence-corrected chi connectivity index (χ0v) is 14.6. The Hall–Kier alpha value is -0.611. The molecule has 0 fully saturated rings. The van der Waals surface area contributed by atoms with Crippen LogP contribution in [0.25, 0.3) is 16.2 Å². The average molecular weight is 363 g/mol. The van der Waals surface area contributed by atoms with Gasteiger partial charge in [0.1, 0.15) is 0 Å². The van der Waals surface area contributed by atoms with E-state index in [0.29, 0.717) is 6.42 Å². The molecule has 18 heavy (non-hydrogen) atoms. The molecule has 0 saturated carbocycles. The Kier molecular flexibility index (Phi) is 2.90. The minimum atomic E-state index is -2.01. The van der Waals surface area contributed by atoms with Gasteiger partial charge in [-0.2, -0.15) is 0 Å². The number of benzene rings is 1. The molecule has 1 heterocycles. The molecule has 0 radical (unpaired) electrons. The number of hydrogen-bond donors (Lipinski definition) is 0. The third-order valence-electron chi connectivity index (χ3n) is 3.43. The molecule has 0 spiro atoms. The summed E-state index contributed by atoms with van der Waals surface area (Å²) >= 11 is -0.248. The Labute approximate surface area is 115 Å². The predicted molar refractivity (Wildman–Crippen MR) is 82.8 cm³/mol. The number of ketones is 1. The summed E-state index contributed by atoms with van der Waals surface area (Å²) < 4.78 is 2.82. The van der Waals surface area contributed by atoms with Gasteiger partial charge >= 0.3 is 116 Å². The maximum absolute atomic E-state index is 12.0. The van der Waals surface area contributed by atoms with Gasteiger partial charge in [0.25, 0.3) is 0 Å². The fourth-order valence-corrected chi connectivity index (χ4v) is 7.17. The molecular formula is C15H16OSSn. The van der Waals surface area contributed by atoms with E-state index in [4.69, 9.17) is 0 Å². The van der Waals surface area contributed by atoms with Crippen molar-refractivity contribution in [2.75, 3.05) is 0 Å². The van der Waals surface area contributed by atoms with Gasteiger partial charge < -0.3 is 0 Å². The third kappa shape index (κ3) is 1.95. The van der Waals surface area contributed by atoms with E-state index in [1.807, 2.05) is 6.08 Å². The van der Waals surface area contributed by atoms with Gasteiger partial charge in [0.15, 0.2) is 0 Å². The van der Waals surface area contributed by atoms with Crippen LogP contribution in [0.1, 0.15) is 21.7 Å². The number of fused-ring (bicyclic) bond motifs is 3. The van der Waals surface area contributed by atoms with Gasteiger partial charge in [0.2, 0.25) is 0 Å². The van der Waals surface area contributed by atoms with E-state index < -0.39 is 18.4 Å². The molecule has 1 nitrogen and oxygen atoms in total. The van der Waals surface area contributed by atoms with Crippen LogP contribution in [-0.2, 0) is 0 Å². The Morgan fingerprint density at radius 1 is 1.22 bits per heavy atom. The first-order valence-electron chi connectivity index (χ1n) is 6.23. The van der Waals surface area contributed by atoms with Crippen molar-refractivity contribution in [1.82, 2.24) is 0 Å². The van der Waals surface area contributed by atoms with E-state index in [2.05, 4.69) is 39.1 Å². The molecule has 0 unspecified atom stereocenters. The van der Waals surface area contributed by atoms with Crippen LogP contribution in [0.15, 0.2) is 24.3 Å². The first kappa shape index (κ1) is 12.4. The molecule has 3 heteroatoms. The summed E-state index contributed by atoms with van der Waals surface area (Å²) in [6, 6.07) is 6.74. The van der Waals surface area contributed by atoms with Crippen molar-refractivity contribution in [3.8, 4) is 0 Å². The Balaban J connectivity index is 2.27. The summed E-state index contributed by atoms with van der Waals surface area (Å²) in [6.07, 6.45) is 4.63. The number of rotatable bonds is 1. The van der Waals surface area contributed by atoms with Crippen LogP contribution in [-0.4, -0.2) is 24.2 Å². The predicted octanol–water partition coefficient (Wildman–Crippen LogP) is 4.05. The van der Waals surface area contributed by atoms with E-state index >= 15 is 0 Å². The van der Waals surface area contributed by atoms with Gasteiger partial charge in [-0.05, 0) is 0 Å². The fourth-order valence-electron chi connectivity index (χ4n) is 2.36.